The summed E-state index contributed by atoms with van der Waals surface area (Å²) in [7, 11) is 1.58. The minimum absolute atomic E-state index is 0.257. The van der Waals surface area contributed by atoms with Crippen LogP contribution in [0, 0.1) is 5.92 Å². The van der Waals surface area contributed by atoms with Crippen LogP contribution < -0.4 is 15.4 Å². The first-order valence-corrected chi connectivity index (χ1v) is 12.0. The number of para-hydroxylation sites is 1. The number of hydrogen-bond donors (Lipinski definition) is 2. The third-order valence-electron chi connectivity index (χ3n) is 6.55. The molecule has 180 valence electrons. The van der Waals surface area contributed by atoms with Crippen LogP contribution in [0.15, 0.2) is 65.9 Å². The van der Waals surface area contributed by atoms with E-state index >= 15 is 0 Å². The molecule has 0 saturated carbocycles. The topological polar surface area (TPSA) is 79.9 Å². The van der Waals surface area contributed by atoms with Gasteiger partial charge in [-0.25, -0.2) is 9.59 Å². The standard InChI is InChI=1S/C27H33N3O4/c1-3-34-26(31)24-22(28-27(32)29-25(24)21-11-7-8-12-23(21)33-2)18-30-15-13-20(14-16-30)17-19-9-5-4-6-10-19/h4-12,20,25H,3,13-18H2,1-2H3,(H2,28,29,32)/t25-/m0/s1. The van der Waals surface area contributed by atoms with Crippen molar-refractivity contribution in [1.82, 2.24) is 15.5 Å². The Hall–Kier alpha value is -3.32. The average molecular weight is 464 g/mol. The molecule has 2 aromatic rings. The number of likely N-dealkylation sites (tertiary alicyclic amines) is 1. The fraction of sp³-hybridized carbons (Fsp3) is 0.407. The number of nitrogens with one attached hydrogen (secondary N) is 2. The Morgan fingerprint density at radius 2 is 1.76 bits per heavy atom. The molecule has 0 aliphatic carbocycles. The number of ether oxygens (including phenoxy) is 2. The number of amides is 2. The quantitative estimate of drug-likeness (QED) is 0.582. The summed E-state index contributed by atoms with van der Waals surface area (Å²) in [5.74, 6) is 0.818. The highest BCUT2D eigenvalue weighted by Crippen LogP contribution is 2.34. The van der Waals surface area contributed by atoms with E-state index in [9.17, 15) is 9.59 Å². The lowest BCUT2D eigenvalue weighted by Crippen LogP contribution is -2.49. The predicted octanol–water partition coefficient (Wildman–Crippen LogP) is 3.82. The van der Waals surface area contributed by atoms with Crippen molar-refractivity contribution in [2.75, 3.05) is 33.4 Å². The maximum absolute atomic E-state index is 13.1. The molecular weight excluding hydrogens is 430 g/mol. The molecule has 0 bridgehead atoms. The van der Waals surface area contributed by atoms with Crippen LogP contribution >= 0.6 is 0 Å². The van der Waals surface area contributed by atoms with Gasteiger partial charge in [-0.2, -0.15) is 0 Å². The van der Waals surface area contributed by atoms with Gasteiger partial charge in [0.25, 0.3) is 0 Å². The molecule has 0 unspecified atom stereocenters. The van der Waals surface area contributed by atoms with Crippen molar-refractivity contribution in [3.05, 3.63) is 77.0 Å². The van der Waals surface area contributed by atoms with Crippen LogP contribution in [0.2, 0.25) is 0 Å². The highest BCUT2D eigenvalue weighted by atomic mass is 16.5. The van der Waals surface area contributed by atoms with Gasteiger partial charge in [0.2, 0.25) is 0 Å². The first-order valence-electron chi connectivity index (χ1n) is 12.0. The normalized spacial score (nSPS) is 19.4. The zero-order chi connectivity index (χ0) is 23.9. The van der Waals surface area contributed by atoms with Gasteiger partial charge in [0.05, 0.1) is 25.3 Å². The van der Waals surface area contributed by atoms with Crippen molar-refractivity contribution < 1.29 is 19.1 Å². The van der Waals surface area contributed by atoms with E-state index in [-0.39, 0.29) is 12.6 Å². The Morgan fingerprint density at radius 3 is 2.47 bits per heavy atom. The Bertz CT molecular complexity index is 1030. The average Bonchev–Trinajstić information content (AvgIpc) is 2.85. The number of nitrogens with zero attached hydrogens (tertiary/aromatic N) is 1. The Labute approximate surface area is 201 Å². The smallest absolute Gasteiger partial charge is 0.338 e. The number of carbonyl (C=O) groups excluding carboxylic acids is 2. The minimum atomic E-state index is -0.644. The summed E-state index contributed by atoms with van der Waals surface area (Å²) < 4.78 is 10.9. The molecule has 2 heterocycles. The third kappa shape index (κ3) is 5.59. The summed E-state index contributed by atoms with van der Waals surface area (Å²) in [6, 6.07) is 17.0. The molecule has 7 heteroatoms. The summed E-state index contributed by atoms with van der Waals surface area (Å²) in [6.45, 7) is 4.36. The van der Waals surface area contributed by atoms with Gasteiger partial charge in [-0.15, -0.1) is 0 Å². The minimum Gasteiger partial charge on any atom is -0.496 e. The fourth-order valence-corrected chi connectivity index (χ4v) is 4.85. The Kier molecular flexibility index (Phi) is 7.85. The molecule has 1 saturated heterocycles. The monoisotopic (exact) mass is 463 g/mol. The highest BCUT2D eigenvalue weighted by molar-refractivity contribution is 5.95. The Morgan fingerprint density at radius 1 is 1.06 bits per heavy atom. The van der Waals surface area contributed by atoms with Crippen molar-refractivity contribution in [3.63, 3.8) is 0 Å². The first-order chi connectivity index (χ1) is 16.6. The van der Waals surface area contributed by atoms with Crippen LogP contribution in [0.3, 0.4) is 0 Å². The summed E-state index contributed by atoms with van der Waals surface area (Å²) in [6.07, 6.45) is 3.25. The summed E-state index contributed by atoms with van der Waals surface area (Å²) in [5.41, 5.74) is 3.12. The molecule has 7 nitrogen and oxygen atoms in total. The van der Waals surface area contributed by atoms with E-state index < -0.39 is 12.0 Å². The first kappa shape index (κ1) is 23.8. The van der Waals surface area contributed by atoms with E-state index in [1.165, 1.54) is 5.56 Å². The molecule has 2 aromatic carbocycles. The number of benzene rings is 2. The maximum atomic E-state index is 13.1. The van der Waals surface area contributed by atoms with Crippen LogP contribution in [0.4, 0.5) is 4.79 Å². The summed E-state index contributed by atoms with van der Waals surface area (Å²) in [4.78, 5) is 28.0. The SMILES string of the molecule is CCOC(=O)C1=C(CN2CCC(Cc3ccccc3)CC2)NC(=O)N[C@H]1c1ccccc1OC. The van der Waals surface area contributed by atoms with Gasteiger partial charge in [0.15, 0.2) is 0 Å². The fourth-order valence-electron chi connectivity index (χ4n) is 4.85. The lowest BCUT2D eigenvalue weighted by atomic mass is 9.89. The number of rotatable bonds is 8. The molecule has 0 aromatic heterocycles. The van der Waals surface area contributed by atoms with Gasteiger partial charge in [-0.3, -0.25) is 4.90 Å². The second kappa shape index (κ2) is 11.2. The van der Waals surface area contributed by atoms with E-state index in [4.69, 9.17) is 9.47 Å². The van der Waals surface area contributed by atoms with Gasteiger partial charge in [-0.05, 0) is 56.8 Å². The molecule has 2 N–H and O–H groups in total. The molecule has 2 amide bonds. The lowest BCUT2D eigenvalue weighted by molar-refractivity contribution is -0.139. The number of urea groups is 1. The zero-order valence-electron chi connectivity index (χ0n) is 19.9. The number of esters is 1. The largest absolute Gasteiger partial charge is 0.496 e. The van der Waals surface area contributed by atoms with Crippen molar-refractivity contribution in [1.29, 1.82) is 0 Å². The molecule has 1 fully saturated rings. The van der Waals surface area contributed by atoms with Crippen LogP contribution in [0.1, 0.15) is 36.9 Å². The number of hydrogen-bond acceptors (Lipinski definition) is 5. The summed E-state index contributed by atoms with van der Waals surface area (Å²) >= 11 is 0. The molecule has 2 aliphatic heterocycles. The maximum Gasteiger partial charge on any atom is 0.338 e. The second-order valence-electron chi connectivity index (χ2n) is 8.80. The van der Waals surface area contributed by atoms with E-state index in [1.54, 1.807) is 14.0 Å². The third-order valence-corrected chi connectivity index (χ3v) is 6.55. The Balaban J connectivity index is 1.54. The van der Waals surface area contributed by atoms with Crippen molar-refractivity contribution in [2.24, 2.45) is 5.92 Å². The van der Waals surface area contributed by atoms with Gasteiger partial charge >= 0.3 is 12.0 Å². The van der Waals surface area contributed by atoms with E-state index in [0.717, 1.165) is 37.9 Å². The van der Waals surface area contributed by atoms with Crippen LogP contribution in [-0.2, 0) is 16.0 Å². The van der Waals surface area contributed by atoms with Crippen molar-refractivity contribution in [3.8, 4) is 5.75 Å². The number of methoxy groups -OCH3 is 1. The van der Waals surface area contributed by atoms with Crippen molar-refractivity contribution in [2.45, 2.75) is 32.2 Å². The van der Waals surface area contributed by atoms with Crippen LogP contribution in [0.5, 0.6) is 5.75 Å². The van der Waals surface area contributed by atoms with Crippen LogP contribution in [0.25, 0.3) is 0 Å². The molecule has 1 atom stereocenters. The number of piperidine rings is 1. The molecule has 2 aliphatic rings. The van der Waals surface area contributed by atoms with E-state index in [2.05, 4.69) is 39.8 Å². The zero-order valence-corrected chi connectivity index (χ0v) is 19.9. The molecule has 34 heavy (non-hydrogen) atoms. The van der Waals surface area contributed by atoms with Crippen LogP contribution in [-0.4, -0.2) is 50.3 Å². The second-order valence-corrected chi connectivity index (χ2v) is 8.80. The molecule has 0 spiro atoms. The predicted molar refractivity (Wildman–Crippen MR) is 130 cm³/mol. The van der Waals surface area contributed by atoms with Gasteiger partial charge < -0.3 is 20.1 Å². The van der Waals surface area contributed by atoms with E-state index in [0.29, 0.717) is 29.5 Å². The molecule has 0 radical (unpaired) electrons. The van der Waals surface area contributed by atoms with Gasteiger partial charge in [-0.1, -0.05) is 48.5 Å². The van der Waals surface area contributed by atoms with Gasteiger partial charge in [0, 0.05) is 17.8 Å². The lowest BCUT2D eigenvalue weighted by Gasteiger charge is -2.35. The van der Waals surface area contributed by atoms with Gasteiger partial charge in [0.1, 0.15) is 5.75 Å². The molecular formula is C27H33N3O4. The number of carbonyl (C=O) groups is 2. The van der Waals surface area contributed by atoms with Crippen molar-refractivity contribution >= 4 is 12.0 Å². The summed E-state index contributed by atoms with van der Waals surface area (Å²) in [5, 5.41) is 5.78. The molecule has 4 rings (SSSR count). The van der Waals surface area contributed by atoms with E-state index in [1.807, 2.05) is 30.3 Å². The highest BCUT2D eigenvalue weighted by Gasteiger charge is 2.36.